The molecular weight excluding hydrogens is 186 g/mol. The topological polar surface area (TPSA) is 21.3 Å². The summed E-state index contributed by atoms with van der Waals surface area (Å²) in [5, 5.41) is 3.57. The van der Waals surface area contributed by atoms with Crippen molar-refractivity contribution in [2.45, 2.75) is 45.4 Å². The fourth-order valence-corrected chi connectivity index (χ4v) is 2.76. The molecule has 1 N–H and O–H groups in total. The van der Waals surface area contributed by atoms with Crippen LogP contribution in [0.25, 0.3) is 0 Å². The van der Waals surface area contributed by atoms with Crippen molar-refractivity contribution in [1.29, 1.82) is 0 Å². The van der Waals surface area contributed by atoms with Crippen LogP contribution in [0.3, 0.4) is 0 Å². The molecule has 0 radical (unpaired) electrons. The maximum absolute atomic E-state index is 5.24. The highest BCUT2D eigenvalue weighted by Gasteiger charge is 2.32. The summed E-state index contributed by atoms with van der Waals surface area (Å²) >= 11 is 0. The Bertz CT molecular complexity index is 183. The predicted octanol–water partition coefficient (Wildman–Crippen LogP) is 2.58. The fraction of sp³-hybridized carbons (Fsp3) is 1.00. The minimum Gasteiger partial charge on any atom is -0.380 e. The van der Waals surface area contributed by atoms with Gasteiger partial charge in [0.1, 0.15) is 0 Å². The molecule has 2 fully saturated rings. The Hall–Kier alpha value is -0.0800. The van der Waals surface area contributed by atoms with Crippen LogP contribution >= 0.6 is 0 Å². The van der Waals surface area contributed by atoms with E-state index in [1.54, 1.807) is 0 Å². The largest absolute Gasteiger partial charge is 0.380 e. The van der Waals surface area contributed by atoms with E-state index >= 15 is 0 Å². The van der Waals surface area contributed by atoms with Gasteiger partial charge in [-0.1, -0.05) is 32.6 Å². The summed E-state index contributed by atoms with van der Waals surface area (Å²) in [7, 11) is 0. The summed E-state index contributed by atoms with van der Waals surface area (Å²) in [6.45, 7) is 6.54. The van der Waals surface area contributed by atoms with Gasteiger partial charge in [0.15, 0.2) is 0 Å². The lowest BCUT2D eigenvalue weighted by Crippen LogP contribution is -2.47. The van der Waals surface area contributed by atoms with Crippen molar-refractivity contribution >= 4 is 0 Å². The molecule has 1 saturated heterocycles. The van der Waals surface area contributed by atoms with Gasteiger partial charge in [-0.05, 0) is 25.3 Å². The third-order valence-electron chi connectivity index (χ3n) is 3.89. The van der Waals surface area contributed by atoms with Crippen LogP contribution in [0.4, 0.5) is 0 Å². The van der Waals surface area contributed by atoms with Crippen LogP contribution in [-0.4, -0.2) is 26.3 Å². The van der Waals surface area contributed by atoms with Crippen molar-refractivity contribution in [1.82, 2.24) is 5.32 Å². The van der Waals surface area contributed by atoms with Crippen molar-refractivity contribution in [3.63, 3.8) is 0 Å². The summed E-state index contributed by atoms with van der Waals surface area (Å²) in [5.74, 6) is 1.05. The van der Waals surface area contributed by atoms with Gasteiger partial charge in [-0.2, -0.15) is 0 Å². The van der Waals surface area contributed by atoms with E-state index in [9.17, 15) is 0 Å². The van der Waals surface area contributed by atoms with Crippen LogP contribution in [0, 0.1) is 11.3 Å². The second kappa shape index (κ2) is 5.31. The predicted molar refractivity (Wildman–Crippen MR) is 63.0 cm³/mol. The molecule has 0 atom stereocenters. The molecule has 0 amide bonds. The molecule has 2 nitrogen and oxygen atoms in total. The molecule has 1 saturated carbocycles. The van der Waals surface area contributed by atoms with E-state index in [2.05, 4.69) is 12.2 Å². The van der Waals surface area contributed by atoms with E-state index in [4.69, 9.17) is 4.74 Å². The van der Waals surface area contributed by atoms with Crippen LogP contribution in [0.1, 0.15) is 45.4 Å². The Morgan fingerprint density at radius 1 is 1.27 bits per heavy atom. The molecule has 1 heterocycles. The molecule has 88 valence electrons. The first kappa shape index (κ1) is 11.4. The highest BCUT2D eigenvalue weighted by molar-refractivity contribution is 4.82. The van der Waals surface area contributed by atoms with Crippen LogP contribution in [-0.2, 0) is 4.74 Å². The Labute approximate surface area is 93.8 Å². The molecule has 0 aromatic heterocycles. The van der Waals surface area contributed by atoms with E-state index in [0.717, 1.165) is 25.7 Å². The Balaban J connectivity index is 1.44. The molecule has 0 aromatic carbocycles. The molecule has 1 aliphatic heterocycles. The summed E-state index contributed by atoms with van der Waals surface area (Å²) in [6, 6.07) is 0. The zero-order valence-corrected chi connectivity index (χ0v) is 10.1. The normalized spacial score (nSPS) is 25.4. The highest BCUT2D eigenvalue weighted by Crippen LogP contribution is 2.28. The minimum absolute atomic E-state index is 0.438. The van der Waals surface area contributed by atoms with E-state index in [0.29, 0.717) is 5.41 Å². The van der Waals surface area contributed by atoms with Crippen molar-refractivity contribution in [2.24, 2.45) is 11.3 Å². The highest BCUT2D eigenvalue weighted by atomic mass is 16.5. The van der Waals surface area contributed by atoms with E-state index in [1.807, 2.05) is 0 Å². The zero-order chi connectivity index (χ0) is 10.6. The van der Waals surface area contributed by atoms with Gasteiger partial charge in [0.05, 0.1) is 13.2 Å². The molecule has 2 rings (SSSR count). The Morgan fingerprint density at radius 2 is 2.00 bits per heavy atom. The molecule has 0 aromatic rings. The Morgan fingerprint density at radius 3 is 2.60 bits per heavy atom. The molecule has 1 aliphatic carbocycles. The second-order valence-electron chi connectivity index (χ2n) is 5.77. The van der Waals surface area contributed by atoms with Crippen LogP contribution in [0.5, 0.6) is 0 Å². The number of nitrogens with one attached hydrogen (secondary N) is 1. The lowest BCUT2D eigenvalue weighted by molar-refractivity contribution is -0.0989. The van der Waals surface area contributed by atoms with Gasteiger partial charge in [-0.15, -0.1) is 0 Å². The molecule has 2 aliphatic rings. The number of ether oxygens (including phenoxy) is 1. The van der Waals surface area contributed by atoms with E-state index < -0.39 is 0 Å². The average molecular weight is 211 g/mol. The van der Waals surface area contributed by atoms with Crippen molar-refractivity contribution in [2.75, 3.05) is 26.3 Å². The van der Waals surface area contributed by atoms with E-state index in [-0.39, 0.29) is 0 Å². The molecule has 0 spiro atoms. The van der Waals surface area contributed by atoms with Gasteiger partial charge in [0, 0.05) is 12.0 Å². The molecular formula is C13H25NO. The third-order valence-corrected chi connectivity index (χ3v) is 3.89. The van der Waals surface area contributed by atoms with Crippen molar-refractivity contribution in [3.8, 4) is 0 Å². The van der Waals surface area contributed by atoms with Crippen molar-refractivity contribution < 1.29 is 4.74 Å². The lowest BCUT2D eigenvalue weighted by atomic mass is 9.89. The maximum atomic E-state index is 5.24. The zero-order valence-electron chi connectivity index (χ0n) is 10.1. The standard InChI is InChI=1S/C13H25NO/c1-13(10-15-11-13)9-14-8-4-7-12-5-2-3-6-12/h12,14H,2-11H2,1H3. The first-order valence-electron chi connectivity index (χ1n) is 6.57. The van der Waals surface area contributed by atoms with Crippen LogP contribution in [0.2, 0.25) is 0 Å². The van der Waals surface area contributed by atoms with Gasteiger partial charge in [0.25, 0.3) is 0 Å². The second-order valence-corrected chi connectivity index (χ2v) is 5.77. The number of hydrogen-bond donors (Lipinski definition) is 1. The number of rotatable bonds is 6. The quantitative estimate of drug-likeness (QED) is 0.682. The van der Waals surface area contributed by atoms with Crippen LogP contribution < -0.4 is 5.32 Å². The van der Waals surface area contributed by atoms with Gasteiger partial charge >= 0.3 is 0 Å². The summed E-state index contributed by atoms with van der Waals surface area (Å²) in [6.07, 6.45) is 8.75. The average Bonchev–Trinajstić information content (AvgIpc) is 2.67. The Kier molecular flexibility index (Phi) is 4.04. The molecule has 15 heavy (non-hydrogen) atoms. The maximum Gasteiger partial charge on any atom is 0.0554 e. The van der Waals surface area contributed by atoms with E-state index in [1.165, 1.54) is 45.1 Å². The van der Waals surface area contributed by atoms with Gasteiger partial charge in [0.2, 0.25) is 0 Å². The summed E-state index contributed by atoms with van der Waals surface area (Å²) in [4.78, 5) is 0. The van der Waals surface area contributed by atoms with Crippen LogP contribution in [0.15, 0.2) is 0 Å². The van der Waals surface area contributed by atoms with Gasteiger partial charge in [-0.25, -0.2) is 0 Å². The number of hydrogen-bond acceptors (Lipinski definition) is 2. The fourth-order valence-electron chi connectivity index (χ4n) is 2.76. The van der Waals surface area contributed by atoms with Crippen molar-refractivity contribution in [3.05, 3.63) is 0 Å². The summed E-state index contributed by atoms with van der Waals surface area (Å²) in [5.41, 5.74) is 0.438. The third kappa shape index (κ3) is 3.46. The minimum atomic E-state index is 0.438. The molecule has 0 unspecified atom stereocenters. The smallest absolute Gasteiger partial charge is 0.0554 e. The first-order valence-corrected chi connectivity index (χ1v) is 6.57. The van der Waals surface area contributed by atoms with Gasteiger partial charge < -0.3 is 10.1 Å². The van der Waals surface area contributed by atoms with Gasteiger partial charge in [-0.3, -0.25) is 0 Å². The lowest BCUT2D eigenvalue weighted by Gasteiger charge is -2.38. The SMILES string of the molecule is CC1(CNCCCC2CCCC2)COC1. The monoisotopic (exact) mass is 211 g/mol. The first-order chi connectivity index (χ1) is 7.29. The molecule has 0 bridgehead atoms. The summed E-state index contributed by atoms with van der Waals surface area (Å²) < 4.78 is 5.24. The molecule has 2 heteroatoms.